The second-order valence-electron chi connectivity index (χ2n) is 11.9. The fraction of sp³-hybridized carbons (Fsp3) is 0.683. The highest BCUT2D eigenvalue weighted by molar-refractivity contribution is 5.67. The summed E-state index contributed by atoms with van der Waals surface area (Å²) in [7, 11) is 0. The number of rotatable bonds is 43. The van der Waals surface area contributed by atoms with Gasteiger partial charge in [-0.15, -0.1) is 0 Å². The molecule has 0 aromatic heterocycles. The van der Waals surface area contributed by atoms with Crippen LogP contribution in [0.1, 0.15) is 11.1 Å². The van der Waals surface area contributed by atoms with Crippen molar-refractivity contribution >= 4 is 6.09 Å². The van der Waals surface area contributed by atoms with Crippen molar-refractivity contribution < 1.29 is 71.1 Å². The summed E-state index contributed by atoms with van der Waals surface area (Å²) in [5, 5.41) is 2.64. The summed E-state index contributed by atoms with van der Waals surface area (Å²) < 4.78 is 76.5. The lowest BCUT2D eigenvalue weighted by atomic mass is 10.2. The average molecular weight is 814 g/mol. The Labute approximate surface area is 338 Å². The maximum atomic E-state index is 11.7. The average Bonchev–Trinajstić information content (AvgIpc) is 3.24. The number of alkyl carbamates (subject to hydrolysis) is 1. The highest BCUT2D eigenvalue weighted by Gasteiger charge is 2.02. The molecule has 0 saturated carbocycles. The molecule has 0 unspecified atom stereocenters. The molecular formula is C41H67NO15. The molecule has 0 aliphatic heterocycles. The molecule has 16 heteroatoms. The number of amides is 1. The van der Waals surface area contributed by atoms with Crippen molar-refractivity contribution in [3.05, 3.63) is 71.8 Å². The smallest absolute Gasteiger partial charge is 0.407 e. The topological polar surface area (TPSA) is 158 Å². The van der Waals surface area contributed by atoms with Crippen LogP contribution in [0.5, 0.6) is 0 Å². The van der Waals surface area contributed by atoms with Crippen LogP contribution in [0.25, 0.3) is 0 Å². The van der Waals surface area contributed by atoms with Gasteiger partial charge in [-0.25, -0.2) is 4.79 Å². The van der Waals surface area contributed by atoms with Crippen molar-refractivity contribution in [3.63, 3.8) is 0 Å². The van der Waals surface area contributed by atoms with Crippen molar-refractivity contribution in [2.75, 3.05) is 172 Å². The van der Waals surface area contributed by atoms with E-state index in [1.54, 1.807) is 0 Å². The number of hydrogen-bond donors (Lipinski definition) is 1. The number of ether oxygens (including phenoxy) is 14. The van der Waals surface area contributed by atoms with Crippen LogP contribution >= 0.6 is 0 Å². The van der Waals surface area contributed by atoms with Gasteiger partial charge in [-0.1, -0.05) is 60.7 Å². The van der Waals surface area contributed by atoms with E-state index in [0.717, 1.165) is 11.1 Å². The fourth-order valence-corrected chi connectivity index (χ4v) is 4.40. The van der Waals surface area contributed by atoms with Crippen LogP contribution in [-0.2, 0) is 79.5 Å². The van der Waals surface area contributed by atoms with Crippen molar-refractivity contribution in [1.82, 2.24) is 5.32 Å². The lowest BCUT2D eigenvalue weighted by Crippen LogP contribution is -2.28. The number of carbonyl (C=O) groups is 1. The second kappa shape index (κ2) is 41.4. The lowest BCUT2D eigenvalue weighted by molar-refractivity contribution is -0.0291. The third-order valence-corrected chi connectivity index (χ3v) is 7.30. The summed E-state index contributed by atoms with van der Waals surface area (Å²) >= 11 is 0. The van der Waals surface area contributed by atoms with Gasteiger partial charge in [0.1, 0.15) is 6.61 Å². The van der Waals surface area contributed by atoms with Crippen LogP contribution < -0.4 is 5.32 Å². The van der Waals surface area contributed by atoms with Crippen molar-refractivity contribution in [2.45, 2.75) is 13.2 Å². The van der Waals surface area contributed by atoms with E-state index in [1.165, 1.54) is 0 Å². The van der Waals surface area contributed by atoms with Gasteiger partial charge in [0, 0.05) is 6.54 Å². The van der Waals surface area contributed by atoms with E-state index in [9.17, 15) is 4.79 Å². The summed E-state index contributed by atoms with van der Waals surface area (Å²) in [4.78, 5) is 11.7. The summed E-state index contributed by atoms with van der Waals surface area (Å²) in [6.07, 6.45) is -0.471. The third-order valence-electron chi connectivity index (χ3n) is 7.30. The standard InChI is InChI=1S/C41H67NO15/c43-41(57-38-40-9-5-2-6-10-40)42-11-12-44-13-14-45-15-16-46-17-18-47-19-20-48-21-22-49-23-24-50-25-26-51-27-28-52-29-30-53-31-32-54-33-34-55-35-36-56-37-39-7-3-1-4-8-39/h1-10H,11-38H2,(H,42,43). The van der Waals surface area contributed by atoms with Crippen LogP contribution in [0.2, 0.25) is 0 Å². The summed E-state index contributed by atoms with van der Waals surface area (Å²) in [5.74, 6) is 0. The first-order valence-corrected chi connectivity index (χ1v) is 19.8. The molecule has 0 aliphatic carbocycles. The molecular weight excluding hydrogens is 746 g/mol. The number of nitrogens with one attached hydrogen (secondary N) is 1. The van der Waals surface area contributed by atoms with E-state index in [2.05, 4.69) is 5.32 Å². The van der Waals surface area contributed by atoms with Gasteiger partial charge in [0.05, 0.1) is 172 Å². The summed E-state index contributed by atoms with van der Waals surface area (Å²) in [5.41, 5.74) is 2.09. The molecule has 0 bridgehead atoms. The molecule has 0 aliphatic rings. The predicted octanol–water partition coefficient (Wildman–Crippen LogP) is 3.33. The quantitative estimate of drug-likeness (QED) is 0.0972. The minimum absolute atomic E-state index is 0.235. The van der Waals surface area contributed by atoms with Crippen LogP contribution in [0.15, 0.2) is 60.7 Å². The minimum atomic E-state index is -0.471. The van der Waals surface area contributed by atoms with Gasteiger partial charge in [-0.05, 0) is 11.1 Å². The van der Waals surface area contributed by atoms with Crippen LogP contribution in [-0.4, -0.2) is 178 Å². The van der Waals surface area contributed by atoms with E-state index < -0.39 is 6.09 Å². The van der Waals surface area contributed by atoms with E-state index in [0.29, 0.717) is 178 Å². The molecule has 1 amide bonds. The maximum Gasteiger partial charge on any atom is 0.407 e. The van der Waals surface area contributed by atoms with Crippen LogP contribution in [0.3, 0.4) is 0 Å². The highest BCUT2D eigenvalue weighted by atomic mass is 16.6. The van der Waals surface area contributed by atoms with Crippen LogP contribution in [0.4, 0.5) is 4.79 Å². The first kappa shape index (κ1) is 50.3. The van der Waals surface area contributed by atoms with Gasteiger partial charge < -0.3 is 71.6 Å². The molecule has 326 valence electrons. The first-order valence-electron chi connectivity index (χ1n) is 19.8. The van der Waals surface area contributed by atoms with E-state index in [4.69, 9.17) is 66.3 Å². The van der Waals surface area contributed by atoms with Crippen molar-refractivity contribution in [3.8, 4) is 0 Å². The zero-order valence-corrected chi connectivity index (χ0v) is 33.7. The highest BCUT2D eigenvalue weighted by Crippen LogP contribution is 2.01. The Kier molecular flexibility index (Phi) is 36.5. The van der Waals surface area contributed by atoms with Gasteiger partial charge in [0.2, 0.25) is 0 Å². The van der Waals surface area contributed by atoms with Gasteiger partial charge in [-0.3, -0.25) is 0 Å². The summed E-state index contributed by atoms with van der Waals surface area (Å²) in [6.45, 7) is 13.5. The molecule has 0 saturated heterocycles. The molecule has 1 N–H and O–H groups in total. The second-order valence-corrected chi connectivity index (χ2v) is 11.9. The molecule has 57 heavy (non-hydrogen) atoms. The fourth-order valence-electron chi connectivity index (χ4n) is 4.40. The Morgan fingerprint density at radius 2 is 0.561 bits per heavy atom. The Morgan fingerprint density at radius 1 is 0.316 bits per heavy atom. The number of carbonyl (C=O) groups excluding carboxylic acids is 1. The van der Waals surface area contributed by atoms with Gasteiger partial charge in [0.15, 0.2) is 0 Å². The molecule has 0 spiro atoms. The predicted molar refractivity (Wildman–Crippen MR) is 211 cm³/mol. The molecule has 2 rings (SSSR count). The van der Waals surface area contributed by atoms with E-state index in [1.807, 2.05) is 60.7 Å². The Bertz CT molecular complexity index is 1110. The number of hydrogen-bond acceptors (Lipinski definition) is 15. The van der Waals surface area contributed by atoms with E-state index in [-0.39, 0.29) is 6.61 Å². The molecule has 2 aromatic rings. The van der Waals surface area contributed by atoms with Crippen molar-refractivity contribution in [2.24, 2.45) is 0 Å². The SMILES string of the molecule is O=C(NCCOCCOCCOCCOCCOCCOCCOCCOCCOCCOCCOCCOCCOCc1ccccc1)OCc1ccccc1. The normalized spacial score (nSPS) is 11.3. The molecule has 2 aromatic carbocycles. The Hall–Kier alpha value is -2.81. The lowest BCUT2D eigenvalue weighted by Gasteiger charge is -2.09. The molecule has 16 nitrogen and oxygen atoms in total. The zero-order chi connectivity index (χ0) is 40.2. The number of benzene rings is 2. The Balaban J connectivity index is 1.12. The molecule has 0 heterocycles. The Morgan fingerprint density at radius 3 is 0.860 bits per heavy atom. The largest absolute Gasteiger partial charge is 0.445 e. The van der Waals surface area contributed by atoms with Crippen LogP contribution in [0, 0.1) is 0 Å². The van der Waals surface area contributed by atoms with Gasteiger partial charge >= 0.3 is 6.09 Å². The first-order chi connectivity index (χ1) is 28.3. The molecule has 0 radical (unpaired) electrons. The van der Waals surface area contributed by atoms with Gasteiger partial charge in [0.25, 0.3) is 0 Å². The maximum absolute atomic E-state index is 11.7. The minimum Gasteiger partial charge on any atom is -0.445 e. The monoisotopic (exact) mass is 813 g/mol. The summed E-state index contributed by atoms with van der Waals surface area (Å²) in [6, 6.07) is 19.6. The zero-order valence-electron chi connectivity index (χ0n) is 33.7. The van der Waals surface area contributed by atoms with Gasteiger partial charge in [-0.2, -0.15) is 0 Å². The van der Waals surface area contributed by atoms with Crippen molar-refractivity contribution in [1.29, 1.82) is 0 Å². The third kappa shape index (κ3) is 36.0. The molecule has 0 fully saturated rings. The van der Waals surface area contributed by atoms with E-state index >= 15 is 0 Å². The molecule has 0 atom stereocenters.